The Bertz CT molecular complexity index is 1050. The summed E-state index contributed by atoms with van der Waals surface area (Å²) in [6.07, 6.45) is 1.35. The van der Waals surface area contributed by atoms with E-state index < -0.39 is 5.91 Å². The van der Waals surface area contributed by atoms with E-state index in [1.807, 2.05) is 18.2 Å². The van der Waals surface area contributed by atoms with Crippen LogP contribution < -0.4 is 15.5 Å². The average molecular weight is 468 g/mol. The maximum Gasteiger partial charge on any atom is 0.271 e. The number of halogens is 1. The predicted molar refractivity (Wildman–Crippen MR) is 118 cm³/mol. The van der Waals surface area contributed by atoms with Gasteiger partial charge in [0.1, 0.15) is 11.5 Å². The number of anilines is 1. The van der Waals surface area contributed by atoms with Crippen LogP contribution in [-0.4, -0.2) is 29.7 Å². The number of hydrogen-bond acceptors (Lipinski definition) is 5. The molecule has 0 atom stereocenters. The number of carbonyl (C=O) groups excluding carboxylic acids is 2. The summed E-state index contributed by atoms with van der Waals surface area (Å²) in [4.78, 5) is 24.1. The van der Waals surface area contributed by atoms with Crippen molar-refractivity contribution in [1.29, 1.82) is 0 Å². The molecule has 0 heterocycles. The first-order chi connectivity index (χ1) is 14.5. The minimum absolute atomic E-state index is 0.0500. The summed E-state index contributed by atoms with van der Waals surface area (Å²) in [5.41, 5.74) is 3.91. The first kappa shape index (κ1) is 21.1. The van der Waals surface area contributed by atoms with Crippen LogP contribution in [0.15, 0.2) is 82.4 Å². The van der Waals surface area contributed by atoms with Crippen molar-refractivity contribution in [2.45, 2.75) is 0 Å². The molecule has 30 heavy (non-hydrogen) atoms. The fraction of sp³-hybridized carbons (Fsp3) is 0.0455. The first-order valence-corrected chi connectivity index (χ1v) is 9.70. The van der Waals surface area contributed by atoms with Gasteiger partial charge >= 0.3 is 0 Å². The van der Waals surface area contributed by atoms with Crippen LogP contribution in [0, 0.1) is 0 Å². The van der Waals surface area contributed by atoms with Crippen LogP contribution in [0.2, 0.25) is 0 Å². The molecule has 7 nitrogen and oxygen atoms in total. The molecule has 152 valence electrons. The molecule has 0 aliphatic rings. The van der Waals surface area contributed by atoms with Crippen LogP contribution in [0.5, 0.6) is 11.5 Å². The molecule has 0 aliphatic carbocycles. The zero-order valence-electron chi connectivity index (χ0n) is 15.7. The molecule has 0 spiro atoms. The number of hydrazone groups is 1. The maximum atomic E-state index is 12.2. The summed E-state index contributed by atoms with van der Waals surface area (Å²) < 4.78 is 6.21. The maximum absolute atomic E-state index is 12.2. The molecular formula is C22H18BrN3O4. The largest absolute Gasteiger partial charge is 0.507 e. The Morgan fingerprint density at radius 1 is 1.03 bits per heavy atom. The Morgan fingerprint density at radius 2 is 1.77 bits per heavy atom. The number of phenolic OH excluding ortho intramolecular Hbond substituents is 1. The molecule has 3 aromatic rings. The van der Waals surface area contributed by atoms with Crippen LogP contribution in [0.3, 0.4) is 0 Å². The zero-order chi connectivity index (χ0) is 21.3. The first-order valence-electron chi connectivity index (χ1n) is 8.91. The lowest BCUT2D eigenvalue weighted by Gasteiger charge is -2.08. The fourth-order valence-corrected chi connectivity index (χ4v) is 2.80. The summed E-state index contributed by atoms with van der Waals surface area (Å²) in [5, 5.41) is 16.3. The van der Waals surface area contributed by atoms with Gasteiger partial charge in [-0.15, -0.1) is 0 Å². The number of aromatic hydroxyl groups is 1. The number of nitrogens with zero attached hydrogens (tertiary/aromatic N) is 1. The SMILES string of the molecule is O=C(COc1ccc(C(=O)NN=Cc2cc(Br)ccc2O)cc1)Nc1ccccc1. The second-order valence-corrected chi connectivity index (χ2v) is 7.05. The van der Waals surface area contributed by atoms with E-state index in [0.29, 0.717) is 22.6 Å². The Labute approximate surface area is 181 Å². The molecule has 0 saturated carbocycles. The van der Waals surface area contributed by atoms with Gasteiger partial charge in [0.25, 0.3) is 11.8 Å². The van der Waals surface area contributed by atoms with Gasteiger partial charge in [-0.25, -0.2) is 5.43 Å². The number of hydrogen-bond donors (Lipinski definition) is 3. The van der Waals surface area contributed by atoms with Gasteiger partial charge in [-0.1, -0.05) is 34.1 Å². The van der Waals surface area contributed by atoms with E-state index in [9.17, 15) is 14.7 Å². The van der Waals surface area contributed by atoms with E-state index in [-0.39, 0.29) is 18.3 Å². The van der Waals surface area contributed by atoms with Crippen molar-refractivity contribution in [3.8, 4) is 11.5 Å². The highest BCUT2D eigenvalue weighted by Gasteiger charge is 2.07. The van der Waals surface area contributed by atoms with E-state index in [4.69, 9.17) is 4.74 Å². The summed E-state index contributed by atoms with van der Waals surface area (Å²) in [6.45, 7) is -0.152. The number of para-hydroxylation sites is 1. The van der Waals surface area contributed by atoms with Gasteiger partial charge in [0.2, 0.25) is 0 Å². The molecule has 3 aromatic carbocycles. The molecule has 0 unspecified atom stereocenters. The molecule has 0 bridgehead atoms. The molecular weight excluding hydrogens is 450 g/mol. The Kier molecular flexibility index (Phi) is 7.18. The number of ether oxygens (including phenoxy) is 1. The van der Waals surface area contributed by atoms with Crippen molar-refractivity contribution in [2.24, 2.45) is 5.10 Å². The summed E-state index contributed by atoms with van der Waals surface area (Å²) in [5.74, 6) is -0.200. The molecule has 0 fully saturated rings. The lowest BCUT2D eigenvalue weighted by atomic mass is 10.2. The Balaban J connectivity index is 1.49. The monoisotopic (exact) mass is 467 g/mol. The second-order valence-electron chi connectivity index (χ2n) is 6.13. The number of phenols is 1. The van der Waals surface area contributed by atoms with E-state index in [2.05, 4.69) is 31.8 Å². The van der Waals surface area contributed by atoms with Gasteiger partial charge in [-0.2, -0.15) is 5.10 Å². The third kappa shape index (κ3) is 6.18. The molecule has 2 amide bonds. The quantitative estimate of drug-likeness (QED) is 0.361. The highest BCUT2D eigenvalue weighted by Crippen LogP contribution is 2.20. The highest BCUT2D eigenvalue weighted by atomic mass is 79.9. The van der Waals surface area contributed by atoms with E-state index in [0.717, 1.165) is 4.47 Å². The minimum atomic E-state index is -0.422. The van der Waals surface area contributed by atoms with Gasteiger partial charge in [-0.05, 0) is 54.6 Å². The van der Waals surface area contributed by atoms with Crippen LogP contribution in [0.1, 0.15) is 15.9 Å². The standard InChI is InChI=1S/C22H18BrN3O4/c23-17-8-11-20(27)16(12-17)13-24-26-22(29)15-6-9-19(10-7-15)30-14-21(28)25-18-4-2-1-3-5-18/h1-13,27H,14H2,(H,25,28)(H,26,29). The summed E-state index contributed by atoms with van der Waals surface area (Å²) >= 11 is 3.30. The van der Waals surface area contributed by atoms with Crippen molar-refractivity contribution < 1.29 is 19.4 Å². The van der Waals surface area contributed by atoms with E-state index in [1.54, 1.807) is 48.5 Å². The minimum Gasteiger partial charge on any atom is -0.507 e. The van der Waals surface area contributed by atoms with Gasteiger partial charge in [-0.3, -0.25) is 9.59 Å². The van der Waals surface area contributed by atoms with Crippen molar-refractivity contribution in [2.75, 3.05) is 11.9 Å². The third-order valence-electron chi connectivity index (χ3n) is 3.90. The van der Waals surface area contributed by atoms with Crippen molar-refractivity contribution >= 4 is 39.6 Å². The molecule has 0 radical (unpaired) electrons. The number of nitrogens with one attached hydrogen (secondary N) is 2. The molecule has 8 heteroatoms. The molecule has 3 rings (SSSR count). The highest BCUT2D eigenvalue weighted by molar-refractivity contribution is 9.10. The van der Waals surface area contributed by atoms with Gasteiger partial charge in [0.05, 0.1) is 6.21 Å². The smallest absolute Gasteiger partial charge is 0.271 e. The molecule has 0 aromatic heterocycles. The average Bonchev–Trinajstić information content (AvgIpc) is 2.75. The van der Waals surface area contributed by atoms with Crippen molar-refractivity contribution in [3.05, 3.63) is 88.4 Å². The Hall–Kier alpha value is -3.65. The normalized spacial score (nSPS) is 10.6. The fourth-order valence-electron chi connectivity index (χ4n) is 2.42. The van der Waals surface area contributed by atoms with Crippen LogP contribution >= 0.6 is 15.9 Å². The van der Waals surface area contributed by atoms with Crippen LogP contribution in [0.4, 0.5) is 5.69 Å². The summed E-state index contributed by atoms with van der Waals surface area (Å²) in [7, 11) is 0. The van der Waals surface area contributed by atoms with Crippen molar-refractivity contribution in [3.63, 3.8) is 0 Å². The molecule has 0 saturated heterocycles. The lowest BCUT2D eigenvalue weighted by molar-refractivity contribution is -0.118. The number of rotatable bonds is 7. The van der Waals surface area contributed by atoms with Crippen molar-refractivity contribution in [1.82, 2.24) is 5.43 Å². The van der Waals surface area contributed by atoms with Gasteiger partial charge in [0.15, 0.2) is 6.61 Å². The topological polar surface area (TPSA) is 100 Å². The van der Waals surface area contributed by atoms with Crippen LogP contribution in [0.25, 0.3) is 0 Å². The Morgan fingerprint density at radius 3 is 2.50 bits per heavy atom. The van der Waals surface area contributed by atoms with E-state index in [1.165, 1.54) is 12.3 Å². The number of carbonyl (C=O) groups is 2. The molecule has 0 aliphatic heterocycles. The van der Waals surface area contributed by atoms with Gasteiger partial charge < -0.3 is 15.2 Å². The van der Waals surface area contributed by atoms with Crippen LogP contribution in [-0.2, 0) is 4.79 Å². The second kappa shape index (κ2) is 10.2. The van der Waals surface area contributed by atoms with Gasteiger partial charge in [0, 0.05) is 21.3 Å². The summed E-state index contributed by atoms with van der Waals surface area (Å²) in [6, 6.07) is 20.3. The molecule has 3 N–H and O–H groups in total. The third-order valence-corrected chi connectivity index (χ3v) is 4.40. The zero-order valence-corrected chi connectivity index (χ0v) is 17.3. The van der Waals surface area contributed by atoms with E-state index >= 15 is 0 Å². The number of benzene rings is 3. The number of amides is 2. The predicted octanol–water partition coefficient (Wildman–Crippen LogP) is 3.94. The lowest BCUT2D eigenvalue weighted by Crippen LogP contribution is -2.20.